The molecular weight excluding hydrogens is 253 g/mol. The van der Waals surface area contributed by atoms with Crippen LogP contribution in [-0.4, -0.2) is 65.9 Å². The molecule has 0 aromatic rings. The van der Waals surface area contributed by atoms with E-state index >= 15 is 0 Å². The van der Waals surface area contributed by atoms with Gasteiger partial charge < -0.3 is 0 Å². The Balaban J connectivity index is 2.69. The van der Waals surface area contributed by atoms with Crippen LogP contribution in [0.4, 0.5) is 0 Å². The van der Waals surface area contributed by atoms with Gasteiger partial charge in [-0.15, -0.1) is 0 Å². The molecule has 0 saturated carbocycles. The number of hydrogen-bond donors (Lipinski definition) is 0. The van der Waals surface area contributed by atoms with Gasteiger partial charge in [0.05, 0.1) is 0 Å². The van der Waals surface area contributed by atoms with Crippen LogP contribution in [-0.2, 0) is 0 Å². The van der Waals surface area contributed by atoms with Crippen molar-refractivity contribution in [2.75, 3.05) is 0 Å². The molecular formula is C10H21Cs. The Hall–Kier alpha value is 2.05. The molecule has 11 heavy (non-hydrogen) atoms. The van der Waals surface area contributed by atoms with Crippen LogP contribution < -0.4 is 0 Å². The molecule has 0 atom stereocenters. The maximum absolute atomic E-state index is 2.28. The summed E-state index contributed by atoms with van der Waals surface area (Å²) in [4.78, 5) is 0. The molecule has 0 aliphatic heterocycles. The maximum atomic E-state index is 2.28. The zero-order valence-electron chi connectivity index (χ0n) is 8.36. The van der Waals surface area contributed by atoms with E-state index in [1.54, 1.807) is -2.15 Å². The van der Waals surface area contributed by atoms with Gasteiger partial charge in [-0.2, -0.15) is 0 Å². The van der Waals surface area contributed by atoms with Gasteiger partial charge in [0, 0.05) is 0 Å². The van der Waals surface area contributed by atoms with Crippen molar-refractivity contribution in [3.63, 3.8) is 0 Å². The molecule has 0 aliphatic carbocycles. The molecule has 0 aliphatic rings. The van der Waals surface area contributed by atoms with E-state index in [0.717, 1.165) is 65.9 Å². The van der Waals surface area contributed by atoms with Crippen molar-refractivity contribution in [1.82, 2.24) is 0 Å². The zero-order chi connectivity index (χ0) is 8.36. The van der Waals surface area contributed by atoms with Crippen LogP contribution in [0.15, 0.2) is 0 Å². The molecule has 62 valence electrons. The second-order valence-corrected chi connectivity index (χ2v) is 6.61. The first-order valence-corrected chi connectivity index (χ1v) is 9.85. The summed E-state index contributed by atoms with van der Waals surface area (Å²) in [5.41, 5.74) is 0. The third-order valence-electron chi connectivity index (χ3n) is 2.21. The second-order valence-electron chi connectivity index (χ2n) is 3.47. The topological polar surface area (TPSA) is 0 Å². The third kappa shape index (κ3) is 12.1. The standard InChI is InChI=1S/C10H21.Cs/c1-3-5-7-9-10-8-6-4-2;/h1,3-10H2,2H3;. The SMILES string of the molecule is CCCCCCCCC[CH2][Cs]. The Morgan fingerprint density at radius 3 is 1.64 bits per heavy atom. The summed E-state index contributed by atoms with van der Waals surface area (Å²) < 4.78 is 1.59. The number of unbranched alkanes of at least 4 members (excludes halogenated alkanes) is 7. The van der Waals surface area contributed by atoms with Crippen LogP contribution in [0.3, 0.4) is 0 Å². The average Bonchev–Trinajstić information content (AvgIpc) is 2.03. The van der Waals surface area contributed by atoms with E-state index in [9.17, 15) is 0 Å². The van der Waals surface area contributed by atoms with Gasteiger partial charge in [0.1, 0.15) is 0 Å². The number of rotatable bonds is 8. The molecule has 0 unspecified atom stereocenters. The monoisotopic (exact) mass is 274 g/mol. The van der Waals surface area contributed by atoms with E-state index in [-0.39, 0.29) is 0 Å². The fourth-order valence-corrected chi connectivity index (χ4v) is 2.95. The van der Waals surface area contributed by atoms with Gasteiger partial charge >= 0.3 is 122 Å². The predicted octanol–water partition coefficient (Wildman–Crippen LogP) is 3.71. The molecule has 0 N–H and O–H groups in total. The van der Waals surface area contributed by atoms with Gasteiger partial charge in [0.25, 0.3) is 0 Å². The van der Waals surface area contributed by atoms with Gasteiger partial charge in [-0.3, -0.25) is 0 Å². The van der Waals surface area contributed by atoms with Gasteiger partial charge in [-0.05, 0) is 0 Å². The molecule has 0 aromatic heterocycles. The molecule has 0 spiro atoms. The van der Waals surface area contributed by atoms with Crippen molar-refractivity contribution in [2.24, 2.45) is 0 Å². The minimum absolute atomic E-state index is 0.890. The Morgan fingerprint density at radius 2 is 1.18 bits per heavy atom. The van der Waals surface area contributed by atoms with Gasteiger partial charge in [-0.1, -0.05) is 0 Å². The fraction of sp³-hybridized carbons (Fsp3) is 1.00. The molecule has 0 radical (unpaired) electrons. The molecule has 0 amide bonds. The van der Waals surface area contributed by atoms with E-state index in [1.165, 1.54) is 51.4 Å². The summed E-state index contributed by atoms with van der Waals surface area (Å²) in [6.07, 6.45) is 11.8. The molecule has 0 aromatic carbocycles. The van der Waals surface area contributed by atoms with Gasteiger partial charge in [-0.25, -0.2) is 0 Å². The van der Waals surface area contributed by atoms with E-state index < -0.39 is 0 Å². The summed E-state index contributed by atoms with van der Waals surface area (Å²) >= 11 is 0.890. The van der Waals surface area contributed by atoms with Crippen molar-refractivity contribution in [2.45, 2.75) is 56.1 Å². The Morgan fingerprint density at radius 1 is 0.727 bits per heavy atom. The Labute approximate surface area is 119 Å². The van der Waals surface area contributed by atoms with Crippen LogP contribution in [0.25, 0.3) is 0 Å². The van der Waals surface area contributed by atoms with Crippen molar-refractivity contribution < 1.29 is 0 Å². The van der Waals surface area contributed by atoms with Crippen LogP contribution >= 0.6 is 0 Å². The summed E-state index contributed by atoms with van der Waals surface area (Å²) in [5, 5.41) is 0. The first kappa shape index (κ1) is 13.1. The molecule has 0 nitrogen and oxygen atoms in total. The Bertz CT molecular complexity index is 53.9. The van der Waals surface area contributed by atoms with Gasteiger partial charge in [0.15, 0.2) is 0 Å². The minimum atomic E-state index is 0.890. The van der Waals surface area contributed by atoms with Crippen LogP contribution in [0.2, 0.25) is -2.15 Å². The molecule has 0 heterocycles. The summed E-state index contributed by atoms with van der Waals surface area (Å²) in [6.45, 7) is 2.28. The quantitative estimate of drug-likeness (QED) is 0.592. The first-order valence-electron chi connectivity index (χ1n) is 5.41. The van der Waals surface area contributed by atoms with Crippen LogP contribution in [0.5, 0.6) is 0 Å². The summed E-state index contributed by atoms with van der Waals surface area (Å²) in [6, 6.07) is 0. The third-order valence-corrected chi connectivity index (χ3v) is 4.43. The van der Waals surface area contributed by atoms with Crippen molar-refractivity contribution in [3.05, 3.63) is 0 Å². The number of hydrogen-bond acceptors (Lipinski definition) is 0. The van der Waals surface area contributed by atoms with E-state index in [4.69, 9.17) is 0 Å². The van der Waals surface area contributed by atoms with E-state index in [1.807, 2.05) is 0 Å². The zero-order valence-corrected chi connectivity index (χ0v) is 14.6. The Kier molecular flexibility index (Phi) is 14.3. The molecule has 0 bridgehead atoms. The van der Waals surface area contributed by atoms with Crippen LogP contribution in [0.1, 0.15) is 58.3 Å². The average molecular weight is 274 g/mol. The molecule has 1 heteroatoms. The van der Waals surface area contributed by atoms with Crippen molar-refractivity contribution >= 4 is 65.9 Å². The van der Waals surface area contributed by atoms with Crippen LogP contribution in [0, 0.1) is 0 Å². The van der Waals surface area contributed by atoms with Crippen molar-refractivity contribution in [1.29, 1.82) is 0 Å². The fourth-order valence-electron chi connectivity index (χ4n) is 1.38. The van der Waals surface area contributed by atoms with Crippen molar-refractivity contribution in [3.8, 4) is 0 Å². The summed E-state index contributed by atoms with van der Waals surface area (Å²) in [7, 11) is 0. The molecule has 0 saturated heterocycles. The molecule has 0 rings (SSSR count). The first-order chi connectivity index (χ1) is 5.41. The predicted molar refractivity (Wildman–Crippen MR) is 53.2 cm³/mol. The van der Waals surface area contributed by atoms with E-state index in [2.05, 4.69) is 6.92 Å². The normalized spacial score (nSPS) is 10.5. The molecule has 0 fully saturated rings. The van der Waals surface area contributed by atoms with E-state index in [0.29, 0.717) is 0 Å². The van der Waals surface area contributed by atoms with Gasteiger partial charge in [0.2, 0.25) is 0 Å². The summed E-state index contributed by atoms with van der Waals surface area (Å²) in [5.74, 6) is 0. The second kappa shape index (κ2) is 12.1.